The number of para-hydroxylation sites is 1. The highest BCUT2D eigenvalue weighted by molar-refractivity contribution is 5.75. The van der Waals surface area contributed by atoms with Crippen molar-refractivity contribution in [1.82, 2.24) is 15.1 Å². The van der Waals surface area contributed by atoms with Gasteiger partial charge in [-0.2, -0.15) is 0 Å². The molecule has 2 saturated heterocycles. The number of hydrogen-bond acceptors (Lipinski definition) is 3. The van der Waals surface area contributed by atoms with E-state index in [1.165, 1.54) is 5.69 Å². The molecule has 0 unspecified atom stereocenters. The van der Waals surface area contributed by atoms with Crippen LogP contribution < -0.4 is 10.2 Å². The maximum Gasteiger partial charge on any atom is 0.317 e. The number of nitrogens with zero attached hydrogens (tertiary/aromatic N) is 3. The molecule has 1 N–H and O–H groups in total. The Kier molecular flexibility index (Phi) is 4.83. The van der Waals surface area contributed by atoms with Gasteiger partial charge in [-0.1, -0.05) is 25.1 Å². The minimum atomic E-state index is 0.0982. The molecule has 5 heteroatoms. The van der Waals surface area contributed by atoms with Crippen LogP contribution in [0.1, 0.15) is 13.3 Å². The fourth-order valence-corrected chi connectivity index (χ4v) is 3.18. The van der Waals surface area contributed by atoms with E-state index in [4.69, 9.17) is 0 Å². The van der Waals surface area contributed by atoms with Crippen molar-refractivity contribution in [1.29, 1.82) is 0 Å². The van der Waals surface area contributed by atoms with Gasteiger partial charge in [0.15, 0.2) is 0 Å². The topological polar surface area (TPSA) is 38.8 Å². The van der Waals surface area contributed by atoms with Gasteiger partial charge in [0, 0.05) is 57.5 Å². The predicted molar refractivity (Wildman–Crippen MR) is 89.3 cm³/mol. The third kappa shape index (κ3) is 3.35. The Morgan fingerprint density at radius 1 is 1.14 bits per heavy atom. The predicted octanol–water partition coefficient (Wildman–Crippen LogP) is 1.61. The monoisotopic (exact) mass is 302 g/mol. The van der Waals surface area contributed by atoms with E-state index in [9.17, 15) is 4.79 Å². The molecule has 0 atom stereocenters. The standard InChI is InChI=1S/C17H26N4O/c1-2-8-18-17(22)21-13-16(14-21)20-11-9-19(10-12-20)15-6-4-3-5-7-15/h3-7,16H,2,8-14H2,1H3,(H,18,22). The minimum Gasteiger partial charge on any atom is -0.369 e. The average Bonchev–Trinajstić information content (AvgIpc) is 2.53. The molecule has 120 valence electrons. The number of benzene rings is 1. The zero-order valence-corrected chi connectivity index (χ0v) is 13.4. The number of urea groups is 1. The first-order valence-corrected chi connectivity index (χ1v) is 8.34. The van der Waals surface area contributed by atoms with Gasteiger partial charge in [-0.05, 0) is 18.6 Å². The highest BCUT2D eigenvalue weighted by Crippen LogP contribution is 2.20. The van der Waals surface area contributed by atoms with Crippen LogP contribution in [-0.4, -0.2) is 67.7 Å². The first-order valence-electron chi connectivity index (χ1n) is 8.34. The van der Waals surface area contributed by atoms with Crippen LogP contribution in [0, 0.1) is 0 Å². The van der Waals surface area contributed by atoms with E-state index < -0.39 is 0 Å². The van der Waals surface area contributed by atoms with Crippen LogP contribution in [0.2, 0.25) is 0 Å². The normalized spacial score (nSPS) is 19.9. The SMILES string of the molecule is CCCNC(=O)N1CC(N2CCN(c3ccccc3)CC2)C1. The van der Waals surface area contributed by atoms with Gasteiger partial charge < -0.3 is 15.1 Å². The molecule has 22 heavy (non-hydrogen) atoms. The fourth-order valence-electron chi connectivity index (χ4n) is 3.18. The van der Waals surface area contributed by atoms with E-state index >= 15 is 0 Å². The lowest BCUT2D eigenvalue weighted by Gasteiger charge is -2.48. The summed E-state index contributed by atoms with van der Waals surface area (Å²) in [6.45, 7) is 8.92. The number of nitrogens with one attached hydrogen (secondary N) is 1. The van der Waals surface area contributed by atoms with Crippen molar-refractivity contribution in [2.75, 3.05) is 50.7 Å². The molecular formula is C17H26N4O. The second-order valence-electron chi connectivity index (χ2n) is 6.15. The summed E-state index contributed by atoms with van der Waals surface area (Å²) in [6, 6.07) is 11.3. The Morgan fingerprint density at radius 3 is 2.45 bits per heavy atom. The summed E-state index contributed by atoms with van der Waals surface area (Å²) in [5.41, 5.74) is 1.32. The quantitative estimate of drug-likeness (QED) is 0.918. The first kappa shape index (κ1) is 15.2. The number of piperazine rings is 1. The average molecular weight is 302 g/mol. The maximum absolute atomic E-state index is 11.8. The molecule has 0 bridgehead atoms. The van der Waals surface area contributed by atoms with E-state index in [0.717, 1.165) is 52.2 Å². The van der Waals surface area contributed by atoms with Crippen molar-refractivity contribution < 1.29 is 4.79 Å². The maximum atomic E-state index is 11.8. The molecule has 1 aromatic carbocycles. The van der Waals surface area contributed by atoms with Crippen molar-refractivity contribution >= 4 is 11.7 Å². The Morgan fingerprint density at radius 2 is 1.82 bits per heavy atom. The van der Waals surface area contributed by atoms with E-state index in [0.29, 0.717) is 6.04 Å². The van der Waals surface area contributed by atoms with Crippen LogP contribution in [0.25, 0.3) is 0 Å². The van der Waals surface area contributed by atoms with Crippen molar-refractivity contribution in [3.8, 4) is 0 Å². The molecular weight excluding hydrogens is 276 g/mol. The van der Waals surface area contributed by atoms with Crippen LogP contribution in [0.15, 0.2) is 30.3 Å². The molecule has 3 rings (SSSR count). The van der Waals surface area contributed by atoms with Gasteiger partial charge in [0.05, 0.1) is 0 Å². The summed E-state index contributed by atoms with van der Waals surface area (Å²) in [7, 11) is 0. The second-order valence-corrected chi connectivity index (χ2v) is 6.15. The molecule has 2 amide bonds. The van der Waals surface area contributed by atoms with Gasteiger partial charge in [-0.3, -0.25) is 4.90 Å². The number of amides is 2. The summed E-state index contributed by atoms with van der Waals surface area (Å²) in [5, 5.41) is 2.95. The molecule has 2 fully saturated rings. The Labute approximate surface area is 132 Å². The summed E-state index contributed by atoms with van der Waals surface area (Å²) < 4.78 is 0. The van der Waals surface area contributed by atoms with Crippen LogP contribution in [-0.2, 0) is 0 Å². The lowest BCUT2D eigenvalue weighted by molar-refractivity contribution is 0.0532. The van der Waals surface area contributed by atoms with E-state index in [2.05, 4.69) is 52.4 Å². The van der Waals surface area contributed by atoms with Gasteiger partial charge in [0.25, 0.3) is 0 Å². The lowest BCUT2D eigenvalue weighted by Crippen LogP contribution is -2.65. The second kappa shape index (κ2) is 7.01. The van der Waals surface area contributed by atoms with Gasteiger partial charge in [0.1, 0.15) is 0 Å². The molecule has 5 nitrogen and oxygen atoms in total. The molecule has 0 spiro atoms. The third-order valence-corrected chi connectivity index (χ3v) is 4.63. The van der Waals surface area contributed by atoms with Crippen LogP contribution >= 0.6 is 0 Å². The zero-order valence-electron chi connectivity index (χ0n) is 13.4. The third-order valence-electron chi connectivity index (χ3n) is 4.63. The highest BCUT2D eigenvalue weighted by Gasteiger charge is 2.35. The molecule has 2 aliphatic rings. The van der Waals surface area contributed by atoms with Gasteiger partial charge in [-0.15, -0.1) is 0 Å². The lowest BCUT2D eigenvalue weighted by atomic mass is 10.1. The summed E-state index contributed by atoms with van der Waals surface area (Å²) >= 11 is 0. The smallest absolute Gasteiger partial charge is 0.317 e. The zero-order chi connectivity index (χ0) is 15.4. The van der Waals surface area contributed by atoms with E-state index in [1.54, 1.807) is 0 Å². The number of hydrogen-bond donors (Lipinski definition) is 1. The van der Waals surface area contributed by atoms with Crippen LogP contribution in [0.3, 0.4) is 0 Å². The molecule has 0 aliphatic carbocycles. The van der Waals surface area contributed by atoms with E-state index in [1.807, 2.05) is 4.90 Å². The number of carbonyl (C=O) groups is 1. The van der Waals surface area contributed by atoms with E-state index in [-0.39, 0.29) is 6.03 Å². The molecule has 0 saturated carbocycles. The number of anilines is 1. The summed E-state index contributed by atoms with van der Waals surface area (Å²) in [4.78, 5) is 18.7. The first-order chi connectivity index (χ1) is 10.8. The number of rotatable bonds is 4. The molecule has 0 aromatic heterocycles. The number of carbonyl (C=O) groups excluding carboxylic acids is 1. The van der Waals surface area contributed by atoms with Gasteiger partial charge >= 0.3 is 6.03 Å². The van der Waals surface area contributed by atoms with Crippen molar-refractivity contribution in [3.63, 3.8) is 0 Å². The van der Waals surface area contributed by atoms with Crippen molar-refractivity contribution in [2.45, 2.75) is 19.4 Å². The number of likely N-dealkylation sites (tertiary alicyclic amines) is 1. The Bertz CT molecular complexity index is 479. The molecule has 0 radical (unpaired) electrons. The molecule has 1 aromatic rings. The highest BCUT2D eigenvalue weighted by atomic mass is 16.2. The van der Waals surface area contributed by atoms with Gasteiger partial charge in [-0.25, -0.2) is 4.79 Å². The minimum absolute atomic E-state index is 0.0982. The molecule has 2 aliphatic heterocycles. The summed E-state index contributed by atoms with van der Waals surface area (Å²) in [5.74, 6) is 0. The fraction of sp³-hybridized carbons (Fsp3) is 0.588. The Balaban J connectivity index is 1.41. The van der Waals surface area contributed by atoms with Crippen LogP contribution in [0.5, 0.6) is 0 Å². The van der Waals surface area contributed by atoms with Crippen molar-refractivity contribution in [2.24, 2.45) is 0 Å². The van der Waals surface area contributed by atoms with Crippen molar-refractivity contribution in [3.05, 3.63) is 30.3 Å². The van der Waals surface area contributed by atoms with Crippen LogP contribution in [0.4, 0.5) is 10.5 Å². The largest absolute Gasteiger partial charge is 0.369 e. The Hall–Kier alpha value is -1.75. The summed E-state index contributed by atoms with van der Waals surface area (Å²) in [6.07, 6.45) is 0.991. The van der Waals surface area contributed by atoms with Gasteiger partial charge in [0.2, 0.25) is 0 Å². The molecule has 2 heterocycles.